The molecule has 0 aliphatic carbocycles. The second kappa shape index (κ2) is 3.74. The van der Waals surface area contributed by atoms with Gasteiger partial charge >= 0.3 is 5.97 Å². The number of aromatic carboxylic acids is 1. The fourth-order valence-corrected chi connectivity index (χ4v) is 4.10. The van der Waals surface area contributed by atoms with E-state index >= 15 is 0 Å². The van der Waals surface area contributed by atoms with E-state index in [0.29, 0.717) is 12.8 Å². The van der Waals surface area contributed by atoms with Crippen LogP contribution in [-0.4, -0.2) is 30.4 Å². The molecule has 0 spiro atoms. The SMILES string of the molecule is O=C(O)c1onc(Cl)c1C1CCCS1(=O)=O. The second-order valence-corrected chi connectivity index (χ2v) is 6.18. The van der Waals surface area contributed by atoms with Crippen molar-refractivity contribution in [3.63, 3.8) is 0 Å². The highest BCUT2D eigenvalue weighted by molar-refractivity contribution is 7.91. The summed E-state index contributed by atoms with van der Waals surface area (Å²) in [4.78, 5) is 10.8. The largest absolute Gasteiger partial charge is 0.475 e. The summed E-state index contributed by atoms with van der Waals surface area (Å²) >= 11 is 5.66. The van der Waals surface area contributed by atoms with E-state index in [1.165, 1.54) is 0 Å². The van der Waals surface area contributed by atoms with Crippen LogP contribution in [0.15, 0.2) is 4.52 Å². The van der Waals surface area contributed by atoms with Crippen molar-refractivity contribution in [2.24, 2.45) is 0 Å². The molecule has 8 heteroatoms. The minimum Gasteiger partial charge on any atom is -0.475 e. The van der Waals surface area contributed by atoms with Gasteiger partial charge in [-0.1, -0.05) is 16.8 Å². The first kappa shape index (κ1) is 11.4. The summed E-state index contributed by atoms with van der Waals surface area (Å²) in [7, 11) is -3.34. The van der Waals surface area contributed by atoms with Crippen LogP contribution in [0.5, 0.6) is 0 Å². The quantitative estimate of drug-likeness (QED) is 0.865. The molecule has 0 aromatic carbocycles. The first-order valence-corrected chi connectivity index (χ1v) is 6.63. The van der Waals surface area contributed by atoms with Gasteiger partial charge in [0.15, 0.2) is 15.0 Å². The summed E-state index contributed by atoms with van der Waals surface area (Å²) in [5, 5.41) is 11.0. The first-order chi connectivity index (χ1) is 7.43. The van der Waals surface area contributed by atoms with E-state index in [1.807, 2.05) is 0 Å². The van der Waals surface area contributed by atoms with Gasteiger partial charge in [0.05, 0.1) is 16.6 Å². The van der Waals surface area contributed by atoms with E-state index in [2.05, 4.69) is 9.68 Å². The normalized spacial score (nSPS) is 23.4. The average Bonchev–Trinajstić information content (AvgIpc) is 2.68. The van der Waals surface area contributed by atoms with Crippen LogP contribution >= 0.6 is 11.6 Å². The van der Waals surface area contributed by atoms with Crippen LogP contribution in [0.4, 0.5) is 0 Å². The maximum Gasteiger partial charge on any atom is 0.375 e. The van der Waals surface area contributed by atoms with Crippen LogP contribution < -0.4 is 0 Å². The summed E-state index contributed by atoms with van der Waals surface area (Å²) < 4.78 is 27.8. The summed E-state index contributed by atoms with van der Waals surface area (Å²) in [6, 6.07) is 0. The van der Waals surface area contributed by atoms with E-state index in [0.717, 1.165) is 0 Å². The highest BCUT2D eigenvalue weighted by Gasteiger charge is 2.39. The standard InChI is InChI=1S/C8H8ClNO5S/c9-7-5(6(8(11)12)15-10-7)4-2-1-3-16(4,13)14/h4H,1-3H2,(H,11,12). The van der Waals surface area contributed by atoms with Crippen molar-refractivity contribution in [1.82, 2.24) is 5.16 Å². The van der Waals surface area contributed by atoms with Crippen molar-refractivity contribution in [3.05, 3.63) is 16.5 Å². The van der Waals surface area contributed by atoms with Crippen LogP contribution in [0.1, 0.15) is 34.2 Å². The number of rotatable bonds is 2. The highest BCUT2D eigenvalue weighted by Crippen LogP contribution is 2.39. The van der Waals surface area contributed by atoms with Gasteiger partial charge in [0.2, 0.25) is 5.76 Å². The molecule has 0 saturated carbocycles. The zero-order chi connectivity index (χ0) is 11.9. The molecule has 2 rings (SSSR count). The summed E-state index contributed by atoms with van der Waals surface area (Å²) in [5.41, 5.74) is -0.0216. The number of nitrogens with zero attached hydrogens (tertiary/aromatic N) is 1. The monoisotopic (exact) mass is 265 g/mol. The highest BCUT2D eigenvalue weighted by atomic mass is 35.5. The van der Waals surface area contributed by atoms with E-state index in [-0.39, 0.29) is 16.5 Å². The van der Waals surface area contributed by atoms with Crippen LogP contribution in [0.25, 0.3) is 0 Å². The van der Waals surface area contributed by atoms with E-state index < -0.39 is 26.8 Å². The maximum atomic E-state index is 11.7. The number of sulfone groups is 1. The zero-order valence-electron chi connectivity index (χ0n) is 8.01. The molecule has 1 aromatic rings. The molecule has 16 heavy (non-hydrogen) atoms. The lowest BCUT2D eigenvalue weighted by molar-refractivity contribution is 0.0650. The van der Waals surface area contributed by atoms with Gasteiger partial charge in [-0.3, -0.25) is 0 Å². The molecule has 0 radical (unpaired) electrons. The minimum absolute atomic E-state index is 0.0216. The third-order valence-corrected chi connectivity index (χ3v) is 5.00. The summed E-state index contributed by atoms with van der Waals surface area (Å²) in [5.74, 6) is -1.81. The molecule has 1 aliphatic rings. The van der Waals surface area contributed by atoms with Crippen molar-refractivity contribution >= 4 is 27.4 Å². The van der Waals surface area contributed by atoms with E-state index in [1.54, 1.807) is 0 Å². The minimum atomic E-state index is -3.34. The fourth-order valence-electron chi connectivity index (χ4n) is 1.83. The average molecular weight is 266 g/mol. The predicted octanol–water partition coefficient (Wildman–Crippen LogP) is 1.28. The van der Waals surface area contributed by atoms with Gasteiger partial charge in [0.25, 0.3) is 0 Å². The molecule has 6 nitrogen and oxygen atoms in total. The maximum absolute atomic E-state index is 11.7. The van der Waals surface area contributed by atoms with Crippen molar-refractivity contribution in [2.45, 2.75) is 18.1 Å². The van der Waals surface area contributed by atoms with E-state index in [9.17, 15) is 13.2 Å². The Labute approximate surface area is 96.1 Å². The van der Waals surface area contributed by atoms with Crippen LogP contribution in [0.3, 0.4) is 0 Å². The lowest BCUT2D eigenvalue weighted by Crippen LogP contribution is -2.11. The number of halogens is 1. The Morgan fingerprint density at radius 2 is 2.25 bits per heavy atom. The number of carboxylic acids is 1. The molecule has 0 amide bonds. The Hall–Kier alpha value is -1.08. The number of aromatic nitrogens is 1. The van der Waals surface area contributed by atoms with Crippen molar-refractivity contribution in [3.8, 4) is 0 Å². The molecule has 1 atom stereocenters. The second-order valence-electron chi connectivity index (χ2n) is 3.52. The number of carbonyl (C=O) groups is 1. The molecule has 1 unspecified atom stereocenters. The van der Waals surface area contributed by atoms with E-state index in [4.69, 9.17) is 16.7 Å². The Morgan fingerprint density at radius 3 is 2.75 bits per heavy atom. The molecule has 1 saturated heterocycles. The number of hydrogen-bond acceptors (Lipinski definition) is 5. The van der Waals surface area contributed by atoms with Gasteiger partial charge in [0.1, 0.15) is 0 Å². The van der Waals surface area contributed by atoms with Crippen molar-refractivity contribution in [2.75, 3.05) is 5.75 Å². The lowest BCUT2D eigenvalue weighted by Gasteiger charge is -2.06. The topological polar surface area (TPSA) is 97.5 Å². The third kappa shape index (κ3) is 1.69. The van der Waals surface area contributed by atoms with Gasteiger partial charge in [-0.05, 0) is 12.8 Å². The third-order valence-electron chi connectivity index (χ3n) is 2.53. The Balaban J connectivity index is 2.56. The molecular weight excluding hydrogens is 258 g/mol. The molecule has 1 fully saturated rings. The molecule has 2 heterocycles. The molecular formula is C8H8ClNO5S. The van der Waals surface area contributed by atoms with Crippen molar-refractivity contribution in [1.29, 1.82) is 0 Å². The predicted molar refractivity (Wildman–Crippen MR) is 54.2 cm³/mol. The van der Waals surface area contributed by atoms with Crippen LogP contribution in [0.2, 0.25) is 5.15 Å². The summed E-state index contributed by atoms with van der Waals surface area (Å²) in [6.07, 6.45) is 0.844. The molecule has 88 valence electrons. The molecule has 1 aliphatic heterocycles. The van der Waals surface area contributed by atoms with Crippen LogP contribution in [-0.2, 0) is 9.84 Å². The number of hydrogen-bond donors (Lipinski definition) is 1. The van der Waals surface area contributed by atoms with Gasteiger partial charge < -0.3 is 9.63 Å². The van der Waals surface area contributed by atoms with Gasteiger partial charge in [0, 0.05) is 0 Å². The van der Waals surface area contributed by atoms with Crippen LogP contribution in [0, 0.1) is 0 Å². The van der Waals surface area contributed by atoms with Gasteiger partial charge in [-0.25, -0.2) is 13.2 Å². The Morgan fingerprint density at radius 1 is 1.56 bits per heavy atom. The number of carboxylic acid groups (broad SMARTS) is 1. The Bertz CT molecular complexity index is 535. The zero-order valence-corrected chi connectivity index (χ0v) is 9.58. The Kier molecular flexibility index (Phi) is 2.67. The lowest BCUT2D eigenvalue weighted by atomic mass is 10.1. The molecule has 1 aromatic heterocycles. The fraction of sp³-hybridized carbons (Fsp3) is 0.500. The van der Waals surface area contributed by atoms with Crippen molar-refractivity contribution < 1.29 is 22.8 Å². The summed E-state index contributed by atoms with van der Waals surface area (Å²) in [6.45, 7) is 0. The van der Waals surface area contributed by atoms with Gasteiger partial charge in [-0.2, -0.15) is 0 Å². The smallest absolute Gasteiger partial charge is 0.375 e. The molecule has 1 N–H and O–H groups in total. The first-order valence-electron chi connectivity index (χ1n) is 4.53. The molecule has 0 bridgehead atoms. The van der Waals surface area contributed by atoms with Gasteiger partial charge in [-0.15, -0.1) is 0 Å².